The first-order valence-corrected chi connectivity index (χ1v) is 8.31. The molecule has 0 spiro atoms. The van der Waals surface area contributed by atoms with Gasteiger partial charge in [0.1, 0.15) is 17.7 Å². The summed E-state index contributed by atoms with van der Waals surface area (Å²) >= 11 is 11.6. The summed E-state index contributed by atoms with van der Waals surface area (Å²) in [7, 11) is -3.50. The maximum absolute atomic E-state index is 11.1. The topological polar surface area (TPSA) is 81.6 Å². The Labute approximate surface area is 126 Å². The molecule has 1 aromatic rings. The summed E-state index contributed by atoms with van der Waals surface area (Å²) in [6.45, 7) is 0.781. The van der Waals surface area contributed by atoms with Crippen LogP contribution in [-0.4, -0.2) is 50.6 Å². The lowest BCUT2D eigenvalue weighted by atomic mass is 10.2. The Morgan fingerprint density at radius 3 is 2.90 bits per heavy atom. The number of ether oxygens (including phenoxy) is 1. The van der Waals surface area contributed by atoms with E-state index in [-0.39, 0.29) is 29.8 Å². The average Bonchev–Trinajstić information content (AvgIpc) is 2.34. The average molecular weight is 342 g/mol. The van der Waals surface area contributed by atoms with E-state index in [1.807, 2.05) is 0 Å². The molecule has 20 heavy (non-hydrogen) atoms. The molecule has 7 nitrogen and oxygen atoms in total. The van der Waals surface area contributed by atoms with E-state index in [9.17, 15) is 8.42 Å². The number of anilines is 1. The molecule has 2 rings (SSSR count). The van der Waals surface area contributed by atoms with Crippen LogP contribution in [-0.2, 0) is 19.0 Å². The minimum atomic E-state index is -3.50. The predicted octanol–water partition coefficient (Wildman–Crippen LogP) is 1.31. The highest BCUT2D eigenvalue weighted by Crippen LogP contribution is 2.24. The van der Waals surface area contributed by atoms with E-state index in [1.54, 1.807) is 4.90 Å². The second-order valence-corrected chi connectivity index (χ2v) is 6.63. The van der Waals surface area contributed by atoms with Crippen molar-refractivity contribution in [2.45, 2.75) is 12.5 Å². The number of hydrogen-bond donors (Lipinski definition) is 0. The number of rotatable bonds is 4. The summed E-state index contributed by atoms with van der Waals surface area (Å²) < 4.78 is 32.4. The minimum Gasteiger partial charge on any atom is -0.361 e. The van der Waals surface area contributed by atoms with E-state index in [0.29, 0.717) is 18.8 Å². The maximum atomic E-state index is 11.1. The summed E-state index contributed by atoms with van der Waals surface area (Å²) in [5.41, 5.74) is 0. The molecule has 0 amide bonds. The van der Waals surface area contributed by atoms with E-state index in [1.165, 1.54) is 6.07 Å². The van der Waals surface area contributed by atoms with Crippen molar-refractivity contribution in [2.24, 2.45) is 0 Å². The van der Waals surface area contributed by atoms with Gasteiger partial charge in [0.05, 0.1) is 25.5 Å². The Morgan fingerprint density at radius 2 is 2.25 bits per heavy atom. The molecule has 1 aliphatic rings. The van der Waals surface area contributed by atoms with Crippen molar-refractivity contribution in [2.75, 3.05) is 31.1 Å². The summed E-state index contributed by atoms with van der Waals surface area (Å²) in [5.74, 6) is 0.469. The molecule has 0 aromatic carbocycles. The molecule has 1 fully saturated rings. The summed E-state index contributed by atoms with van der Waals surface area (Å²) in [4.78, 5) is 9.57. The van der Waals surface area contributed by atoms with E-state index in [0.717, 1.165) is 6.26 Å². The van der Waals surface area contributed by atoms with Gasteiger partial charge in [-0.1, -0.05) is 11.6 Å². The smallest absolute Gasteiger partial charge is 0.264 e. The summed E-state index contributed by atoms with van der Waals surface area (Å²) in [5, 5.41) is 0.217. The molecule has 0 bridgehead atoms. The highest BCUT2D eigenvalue weighted by Gasteiger charge is 2.26. The lowest BCUT2D eigenvalue weighted by molar-refractivity contribution is 0.0751. The molecule has 1 aliphatic heterocycles. The third-order valence-electron chi connectivity index (χ3n) is 2.69. The fraction of sp³-hybridized carbons (Fsp3) is 0.600. The van der Waals surface area contributed by atoms with Gasteiger partial charge in [-0.15, -0.1) is 0 Å². The number of hydrogen-bond acceptors (Lipinski definition) is 7. The summed E-state index contributed by atoms with van der Waals surface area (Å²) in [6, 6.07) is 1.34. The Hall–Kier alpha value is -0.670. The van der Waals surface area contributed by atoms with Gasteiger partial charge >= 0.3 is 0 Å². The van der Waals surface area contributed by atoms with Gasteiger partial charge in [0.2, 0.25) is 5.28 Å². The lowest BCUT2D eigenvalue weighted by Gasteiger charge is -2.35. The number of halogens is 2. The second kappa shape index (κ2) is 6.40. The van der Waals surface area contributed by atoms with Crippen LogP contribution in [0.3, 0.4) is 0 Å². The van der Waals surface area contributed by atoms with Crippen LogP contribution in [0.4, 0.5) is 5.82 Å². The monoisotopic (exact) mass is 341 g/mol. The van der Waals surface area contributed by atoms with Crippen LogP contribution in [0.25, 0.3) is 0 Å². The molecule has 0 saturated carbocycles. The van der Waals surface area contributed by atoms with Crippen molar-refractivity contribution in [3.63, 3.8) is 0 Å². The first kappa shape index (κ1) is 15.7. The minimum absolute atomic E-state index is 0.0147. The zero-order valence-electron chi connectivity index (χ0n) is 10.6. The molecule has 0 aliphatic carbocycles. The number of aromatic nitrogens is 2. The molecule has 0 radical (unpaired) electrons. The quantitative estimate of drug-likeness (QED) is 0.464. The van der Waals surface area contributed by atoms with E-state index in [2.05, 4.69) is 9.97 Å². The van der Waals surface area contributed by atoms with Gasteiger partial charge in [0.15, 0.2) is 0 Å². The number of nitrogens with zero attached hydrogens (tertiary/aromatic N) is 3. The van der Waals surface area contributed by atoms with Crippen molar-refractivity contribution in [1.29, 1.82) is 0 Å². The van der Waals surface area contributed by atoms with Gasteiger partial charge in [-0.3, -0.25) is 4.18 Å². The molecule has 1 aromatic heterocycles. The van der Waals surface area contributed by atoms with Crippen LogP contribution in [0, 0.1) is 0 Å². The van der Waals surface area contributed by atoms with Crippen LogP contribution in [0.1, 0.15) is 6.42 Å². The SMILES string of the molecule is CS(=O)(=O)OC[C@H]1CCOCN1c1cc(Cl)nc(Cl)n1. The van der Waals surface area contributed by atoms with E-state index in [4.69, 9.17) is 32.1 Å². The Kier molecular flexibility index (Phi) is 5.03. The predicted molar refractivity (Wildman–Crippen MR) is 74.6 cm³/mol. The van der Waals surface area contributed by atoms with Gasteiger partial charge in [-0.2, -0.15) is 8.42 Å². The van der Waals surface area contributed by atoms with Crippen molar-refractivity contribution in [3.8, 4) is 0 Å². The lowest BCUT2D eigenvalue weighted by Crippen LogP contribution is -2.45. The van der Waals surface area contributed by atoms with Crippen molar-refractivity contribution >= 4 is 39.1 Å². The highest BCUT2D eigenvalue weighted by atomic mass is 35.5. The van der Waals surface area contributed by atoms with Gasteiger partial charge in [0, 0.05) is 6.07 Å². The molecule has 2 heterocycles. The fourth-order valence-corrected chi connectivity index (χ4v) is 2.60. The molecule has 0 unspecified atom stereocenters. The van der Waals surface area contributed by atoms with Crippen molar-refractivity contribution in [1.82, 2.24) is 9.97 Å². The van der Waals surface area contributed by atoms with E-state index >= 15 is 0 Å². The van der Waals surface area contributed by atoms with Crippen LogP contribution in [0.5, 0.6) is 0 Å². The zero-order valence-corrected chi connectivity index (χ0v) is 13.0. The van der Waals surface area contributed by atoms with Gasteiger partial charge < -0.3 is 9.64 Å². The van der Waals surface area contributed by atoms with Crippen LogP contribution in [0.2, 0.25) is 10.4 Å². The normalized spacial score (nSPS) is 20.1. The standard InChI is InChI=1S/C10H13Cl2N3O4S/c1-20(16,17)19-5-7-2-3-18-6-15(7)9-4-8(11)13-10(12)14-9/h4,7H,2-3,5-6H2,1H3/t7-/m1/s1. The van der Waals surface area contributed by atoms with Crippen molar-refractivity contribution < 1.29 is 17.3 Å². The Balaban J connectivity index is 2.17. The molecule has 0 N–H and O–H groups in total. The Morgan fingerprint density at radius 1 is 1.50 bits per heavy atom. The van der Waals surface area contributed by atoms with Gasteiger partial charge in [-0.05, 0) is 18.0 Å². The largest absolute Gasteiger partial charge is 0.361 e. The Bertz CT molecular complexity index is 564. The van der Waals surface area contributed by atoms with Gasteiger partial charge in [-0.25, -0.2) is 9.97 Å². The zero-order chi connectivity index (χ0) is 14.8. The fourth-order valence-electron chi connectivity index (χ4n) is 1.80. The molecular weight excluding hydrogens is 329 g/mol. The van der Waals surface area contributed by atoms with Crippen LogP contribution < -0.4 is 4.90 Å². The van der Waals surface area contributed by atoms with Crippen LogP contribution >= 0.6 is 23.2 Å². The molecular formula is C10H13Cl2N3O4S. The highest BCUT2D eigenvalue weighted by molar-refractivity contribution is 7.85. The molecule has 112 valence electrons. The third-order valence-corrected chi connectivity index (χ3v) is 3.62. The first-order chi connectivity index (χ1) is 9.35. The van der Waals surface area contributed by atoms with Crippen molar-refractivity contribution in [3.05, 3.63) is 16.5 Å². The molecule has 1 saturated heterocycles. The second-order valence-electron chi connectivity index (χ2n) is 4.26. The maximum Gasteiger partial charge on any atom is 0.264 e. The summed E-state index contributed by atoms with van der Waals surface area (Å²) in [6.07, 6.45) is 1.61. The van der Waals surface area contributed by atoms with Crippen LogP contribution in [0.15, 0.2) is 6.07 Å². The van der Waals surface area contributed by atoms with E-state index < -0.39 is 10.1 Å². The van der Waals surface area contributed by atoms with Gasteiger partial charge in [0.25, 0.3) is 10.1 Å². The first-order valence-electron chi connectivity index (χ1n) is 5.74. The molecule has 10 heteroatoms. The third kappa shape index (κ3) is 4.42. The molecule has 1 atom stereocenters.